The molecule has 4 rings (SSSR count). The molecule has 6 heteroatoms. The molecule has 0 spiro atoms. The van der Waals surface area contributed by atoms with Gasteiger partial charge in [-0.25, -0.2) is 4.68 Å². The number of benzene rings is 2. The summed E-state index contributed by atoms with van der Waals surface area (Å²) in [6.45, 7) is 11.7. The first-order chi connectivity index (χ1) is 16.2. The lowest BCUT2D eigenvalue weighted by Gasteiger charge is -2.27. The van der Waals surface area contributed by atoms with Gasteiger partial charge in [0.05, 0.1) is 35.3 Å². The normalized spacial score (nSPS) is 15.0. The highest BCUT2D eigenvalue weighted by molar-refractivity contribution is 5.43. The molecule has 0 saturated heterocycles. The van der Waals surface area contributed by atoms with Crippen LogP contribution in [0.25, 0.3) is 5.69 Å². The van der Waals surface area contributed by atoms with E-state index in [0.717, 1.165) is 47.0 Å². The van der Waals surface area contributed by atoms with Crippen molar-refractivity contribution in [1.82, 2.24) is 14.7 Å². The maximum atomic E-state index is 10.7. The van der Waals surface area contributed by atoms with E-state index in [2.05, 4.69) is 17.9 Å². The van der Waals surface area contributed by atoms with Crippen LogP contribution < -0.4 is 4.74 Å². The molecule has 34 heavy (non-hydrogen) atoms. The Morgan fingerprint density at radius 3 is 2.47 bits per heavy atom. The summed E-state index contributed by atoms with van der Waals surface area (Å²) < 4.78 is 14.2. The number of nitrogens with zero attached hydrogens (tertiary/aromatic N) is 3. The second kappa shape index (κ2) is 10.3. The van der Waals surface area contributed by atoms with Crippen molar-refractivity contribution in [2.45, 2.75) is 71.8 Å². The van der Waals surface area contributed by atoms with Gasteiger partial charge >= 0.3 is 0 Å². The summed E-state index contributed by atoms with van der Waals surface area (Å²) in [6, 6.07) is 18.6. The molecule has 0 amide bonds. The zero-order valence-corrected chi connectivity index (χ0v) is 21.0. The van der Waals surface area contributed by atoms with E-state index in [1.54, 1.807) is 0 Å². The van der Waals surface area contributed by atoms with Gasteiger partial charge in [0.15, 0.2) is 0 Å². The zero-order valence-electron chi connectivity index (χ0n) is 21.0. The number of hydrogen-bond acceptors (Lipinski definition) is 5. The van der Waals surface area contributed by atoms with Gasteiger partial charge in [-0.2, -0.15) is 5.10 Å². The maximum absolute atomic E-state index is 10.7. The van der Waals surface area contributed by atoms with E-state index in [0.29, 0.717) is 25.7 Å². The number of para-hydroxylation sites is 1. The largest absolute Gasteiger partial charge is 0.439 e. The number of aliphatic hydroxyl groups is 1. The maximum Gasteiger partial charge on any atom is 0.227 e. The summed E-state index contributed by atoms with van der Waals surface area (Å²) in [5.74, 6) is 1.51. The molecule has 1 aromatic heterocycles. The van der Waals surface area contributed by atoms with Crippen LogP contribution in [0.2, 0.25) is 0 Å². The summed E-state index contributed by atoms with van der Waals surface area (Å²) in [7, 11) is 0. The Morgan fingerprint density at radius 1 is 1.09 bits per heavy atom. The van der Waals surface area contributed by atoms with Crippen molar-refractivity contribution in [2.24, 2.45) is 0 Å². The van der Waals surface area contributed by atoms with Crippen LogP contribution >= 0.6 is 0 Å². The first kappa shape index (κ1) is 24.5. The van der Waals surface area contributed by atoms with Gasteiger partial charge in [-0.1, -0.05) is 30.3 Å². The summed E-state index contributed by atoms with van der Waals surface area (Å²) in [6.07, 6.45) is 1.74. The van der Waals surface area contributed by atoms with Crippen LogP contribution in [0.15, 0.2) is 54.6 Å². The molecular formula is C28H37N3O3. The smallest absolute Gasteiger partial charge is 0.227 e. The van der Waals surface area contributed by atoms with Gasteiger partial charge in [-0.3, -0.25) is 4.90 Å². The van der Waals surface area contributed by atoms with Crippen molar-refractivity contribution in [3.8, 4) is 17.3 Å². The molecule has 0 radical (unpaired) electrons. The molecule has 1 saturated carbocycles. The molecule has 1 unspecified atom stereocenters. The molecule has 6 nitrogen and oxygen atoms in total. The minimum Gasteiger partial charge on any atom is -0.439 e. The zero-order chi connectivity index (χ0) is 24.3. The Bertz CT molecular complexity index is 1080. The van der Waals surface area contributed by atoms with Crippen LogP contribution in [0.4, 0.5) is 0 Å². The minimum absolute atomic E-state index is 0.270. The molecule has 0 aliphatic heterocycles. The Balaban J connectivity index is 1.62. The molecule has 0 bridgehead atoms. The number of hydrogen-bond donors (Lipinski definition) is 1. The Kier molecular flexibility index (Phi) is 7.41. The van der Waals surface area contributed by atoms with Crippen LogP contribution in [-0.2, 0) is 11.3 Å². The van der Waals surface area contributed by atoms with Crippen LogP contribution in [0.5, 0.6) is 11.6 Å². The van der Waals surface area contributed by atoms with Crippen molar-refractivity contribution in [2.75, 3.05) is 13.2 Å². The quantitative estimate of drug-likeness (QED) is 0.435. The minimum atomic E-state index is -0.551. The van der Waals surface area contributed by atoms with Crippen molar-refractivity contribution < 1.29 is 14.6 Å². The summed E-state index contributed by atoms with van der Waals surface area (Å²) >= 11 is 0. The molecule has 1 N–H and O–H groups in total. The van der Waals surface area contributed by atoms with Gasteiger partial charge in [0.2, 0.25) is 5.88 Å². The number of aliphatic hydroxyl groups excluding tert-OH is 1. The van der Waals surface area contributed by atoms with E-state index in [1.807, 2.05) is 80.9 Å². The van der Waals surface area contributed by atoms with Crippen LogP contribution in [-0.4, -0.2) is 50.7 Å². The molecule has 3 aromatic rings. The van der Waals surface area contributed by atoms with E-state index in [9.17, 15) is 5.11 Å². The lowest BCUT2D eigenvalue weighted by atomic mass is 10.2. The van der Waals surface area contributed by atoms with Crippen molar-refractivity contribution in [1.29, 1.82) is 0 Å². The average Bonchev–Trinajstić information content (AvgIpc) is 3.59. The summed E-state index contributed by atoms with van der Waals surface area (Å²) in [5.41, 5.74) is 3.80. The Labute approximate surface area is 203 Å². The van der Waals surface area contributed by atoms with E-state index >= 15 is 0 Å². The standard InChI is InChI=1S/C28H37N3O3/c1-20-10-9-13-25(16-20)34-27-26(21(2)29-31(27)23-11-7-6-8-12-23)18-30(22-14-15-22)17-24(32)19-33-28(3,4)5/h6-13,16,22,24,32H,14-15,17-19H2,1-5H3. The molecule has 1 aliphatic rings. The average molecular weight is 464 g/mol. The summed E-state index contributed by atoms with van der Waals surface area (Å²) in [5, 5.41) is 15.6. The van der Waals surface area contributed by atoms with Crippen LogP contribution in [0.3, 0.4) is 0 Å². The van der Waals surface area contributed by atoms with Gasteiger partial charge in [0, 0.05) is 19.1 Å². The lowest BCUT2D eigenvalue weighted by Crippen LogP contribution is -2.38. The van der Waals surface area contributed by atoms with Crippen molar-refractivity contribution in [3.05, 3.63) is 71.4 Å². The van der Waals surface area contributed by atoms with E-state index in [1.165, 1.54) is 0 Å². The first-order valence-corrected chi connectivity index (χ1v) is 12.1. The fourth-order valence-electron chi connectivity index (χ4n) is 4.01. The predicted molar refractivity (Wildman–Crippen MR) is 135 cm³/mol. The van der Waals surface area contributed by atoms with E-state index in [4.69, 9.17) is 14.6 Å². The molecule has 1 atom stereocenters. The van der Waals surface area contributed by atoms with Crippen molar-refractivity contribution in [3.63, 3.8) is 0 Å². The van der Waals surface area contributed by atoms with Crippen molar-refractivity contribution >= 4 is 0 Å². The van der Waals surface area contributed by atoms with Gasteiger partial charge in [0.25, 0.3) is 0 Å². The van der Waals surface area contributed by atoms with Crippen LogP contribution in [0.1, 0.15) is 50.4 Å². The Morgan fingerprint density at radius 2 is 1.82 bits per heavy atom. The lowest BCUT2D eigenvalue weighted by molar-refractivity contribution is -0.0573. The number of aryl methyl sites for hydroxylation is 2. The molecule has 2 aromatic carbocycles. The molecular weight excluding hydrogens is 426 g/mol. The van der Waals surface area contributed by atoms with Gasteiger partial charge in [-0.05, 0) is 77.3 Å². The third kappa shape index (κ3) is 6.47. The third-order valence-electron chi connectivity index (χ3n) is 5.92. The second-order valence-corrected chi connectivity index (χ2v) is 10.3. The second-order valence-electron chi connectivity index (χ2n) is 10.3. The van der Waals surface area contributed by atoms with E-state index < -0.39 is 6.10 Å². The third-order valence-corrected chi connectivity index (χ3v) is 5.92. The van der Waals surface area contributed by atoms with Gasteiger partial charge in [-0.15, -0.1) is 0 Å². The van der Waals surface area contributed by atoms with Crippen LogP contribution in [0, 0.1) is 13.8 Å². The fraction of sp³-hybridized carbons (Fsp3) is 0.464. The highest BCUT2D eigenvalue weighted by Crippen LogP contribution is 2.35. The molecule has 1 fully saturated rings. The molecule has 1 aliphatic carbocycles. The molecule has 182 valence electrons. The topological polar surface area (TPSA) is 59.8 Å². The monoisotopic (exact) mass is 463 g/mol. The predicted octanol–water partition coefficient (Wildman–Crippen LogP) is 5.42. The first-order valence-electron chi connectivity index (χ1n) is 12.1. The number of rotatable bonds is 10. The highest BCUT2D eigenvalue weighted by Gasteiger charge is 2.33. The van der Waals surface area contributed by atoms with Gasteiger partial charge in [0.1, 0.15) is 5.75 Å². The van der Waals surface area contributed by atoms with E-state index in [-0.39, 0.29) is 5.60 Å². The highest BCUT2D eigenvalue weighted by atomic mass is 16.5. The fourth-order valence-corrected chi connectivity index (χ4v) is 4.01. The molecule has 1 heterocycles. The summed E-state index contributed by atoms with van der Waals surface area (Å²) in [4.78, 5) is 2.35. The number of ether oxygens (including phenoxy) is 2. The van der Waals surface area contributed by atoms with Gasteiger partial charge < -0.3 is 14.6 Å². The Hall–Kier alpha value is -2.67. The SMILES string of the molecule is Cc1cccc(Oc2c(CN(CC(O)COC(C)(C)C)C3CC3)c(C)nn2-c2ccccc2)c1. The number of aromatic nitrogens is 2.